The van der Waals surface area contributed by atoms with Gasteiger partial charge in [-0.05, 0) is 6.42 Å². The number of hydrogen-bond acceptors (Lipinski definition) is 5. The van der Waals surface area contributed by atoms with Crippen LogP contribution in [0.15, 0.2) is 4.90 Å². The molecule has 0 atom stereocenters. The zero-order valence-electron chi connectivity index (χ0n) is 17.9. The number of unbranched alkanes of at least 4 members (excludes halogenated alkanes) is 9. The monoisotopic (exact) mass is 514 g/mol. The highest BCUT2D eigenvalue weighted by atomic mass is 32.2. The zero-order valence-corrected chi connectivity index (χ0v) is 18.7. The van der Waals surface area contributed by atoms with Crippen LogP contribution in [0.3, 0.4) is 0 Å². The Morgan fingerprint density at radius 3 is 1.55 bits per heavy atom. The van der Waals surface area contributed by atoms with E-state index in [0.29, 0.717) is 12.8 Å². The number of halogens is 8. The summed E-state index contributed by atoms with van der Waals surface area (Å²) in [6.45, 7) is 1.51. The van der Waals surface area contributed by atoms with Gasteiger partial charge in [0.25, 0.3) is 0 Å². The van der Waals surface area contributed by atoms with Crippen LogP contribution in [-0.2, 0) is 21.7 Å². The Balaban J connectivity index is 2.92. The van der Waals surface area contributed by atoms with Crippen LogP contribution in [0.25, 0.3) is 0 Å². The number of benzene rings is 1. The van der Waals surface area contributed by atoms with Gasteiger partial charge in [0.15, 0.2) is 11.6 Å². The molecule has 0 aliphatic heterocycles. The van der Waals surface area contributed by atoms with Crippen molar-refractivity contribution in [3.05, 3.63) is 22.8 Å². The van der Waals surface area contributed by atoms with Gasteiger partial charge in [0.1, 0.15) is 21.8 Å². The third-order valence-corrected chi connectivity index (χ3v) is 5.40. The fourth-order valence-electron chi connectivity index (χ4n) is 3.18. The first-order valence-electron chi connectivity index (χ1n) is 10.4. The smallest absolute Gasteiger partial charge is 0.422 e. The summed E-state index contributed by atoms with van der Waals surface area (Å²) < 4.78 is 117. The molecule has 0 spiro atoms. The Labute approximate surface area is 190 Å². The predicted octanol–water partition coefficient (Wildman–Crippen LogP) is 8.73. The number of alkyl halides is 6. The average Bonchev–Trinajstić information content (AvgIpc) is 2.69. The van der Waals surface area contributed by atoms with Crippen molar-refractivity contribution in [3.63, 3.8) is 0 Å². The molecule has 0 fully saturated rings. The Bertz CT molecular complexity index is 684. The molecule has 1 N–H and O–H groups in total. The van der Waals surface area contributed by atoms with Gasteiger partial charge in [-0.3, -0.25) is 0 Å². The van der Waals surface area contributed by atoms with Gasteiger partial charge in [0, 0.05) is 0 Å². The van der Waals surface area contributed by atoms with E-state index in [2.05, 4.69) is 21.0 Å². The zero-order chi connectivity index (χ0) is 25.1. The summed E-state index contributed by atoms with van der Waals surface area (Å²) in [6, 6.07) is 0. The Morgan fingerprint density at radius 1 is 0.727 bits per heavy atom. The van der Waals surface area contributed by atoms with Crippen LogP contribution in [0.1, 0.15) is 82.3 Å². The molecule has 192 valence electrons. The largest absolute Gasteiger partial charge is 0.492 e. The number of rotatable bonds is 15. The van der Waals surface area contributed by atoms with Crippen molar-refractivity contribution < 1.29 is 54.5 Å². The summed E-state index contributed by atoms with van der Waals surface area (Å²) in [6.07, 6.45) is -2.57. The molecular weight excluding hydrogens is 488 g/mol. The van der Waals surface area contributed by atoms with Gasteiger partial charge >= 0.3 is 12.4 Å². The minimum Gasteiger partial charge on any atom is -0.492 e. The Kier molecular flexibility index (Phi) is 12.8. The normalized spacial score (nSPS) is 12.4. The van der Waals surface area contributed by atoms with Crippen LogP contribution in [0.2, 0.25) is 0 Å². The molecule has 33 heavy (non-hydrogen) atoms. The maximum atomic E-state index is 14.4. The summed E-state index contributed by atoms with van der Waals surface area (Å²) in [5.74, 6) is -6.74. The molecule has 13 heteroatoms. The SMILES string of the molecule is CCCCCCCCCCCCOc1c(C(F)(F)F)c(F)c(SOOO)c(F)c1C(F)(F)F. The summed E-state index contributed by atoms with van der Waals surface area (Å²) in [5.41, 5.74) is -4.85. The molecule has 0 aromatic heterocycles. The quantitative estimate of drug-likeness (QED) is 0.0834. The molecule has 0 saturated heterocycles. The van der Waals surface area contributed by atoms with Gasteiger partial charge in [-0.2, -0.15) is 26.3 Å². The second kappa shape index (κ2) is 14.2. The van der Waals surface area contributed by atoms with E-state index in [1.807, 2.05) is 0 Å². The average molecular weight is 514 g/mol. The first kappa shape index (κ1) is 29.7. The molecule has 1 rings (SSSR count). The van der Waals surface area contributed by atoms with Crippen LogP contribution < -0.4 is 4.74 Å². The van der Waals surface area contributed by atoms with Crippen LogP contribution in [-0.4, -0.2) is 11.9 Å². The van der Waals surface area contributed by atoms with Crippen molar-refractivity contribution in [2.75, 3.05) is 6.61 Å². The van der Waals surface area contributed by atoms with E-state index in [9.17, 15) is 35.1 Å². The lowest BCUT2D eigenvalue weighted by Crippen LogP contribution is -2.21. The highest BCUT2D eigenvalue weighted by molar-refractivity contribution is 7.94. The molecule has 0 bridgehead atoms. The van der Waals surface area contributed by atoms with Crippen molar-refractivity contribution in [1.29, 1.82) is 0 Å². The molecule has 0 radical (unpaired) electrons. The molecule has 0 unspecified atom stereocenters. The van der Waals surface area contributed by atoms with Crippen LogP contribution >= 0.6 is 12.0 Å². The fourth-order valence-corrected chi connectivity index (χ4v) is 3.63. The standard InChI is InChI=1S/C20H26F8O4S/c1-2-3-4-5-6-7-8-9-10-11-12-30-17-13(19(23,24)25)15(21)18(33-32-31-29)16(22)14(17)20(26,27)28/h29H,2-12H2,1H3. The van der Waals surface area contributed by atoms with Gasteiger partial charge < -0.3 is 4.74 Å². The van der Waals surface area contributed by atoms with E-state index in [1.165, 1.54) is 6.42 Å². The van der Waals surface area contributed by atoms with Gasteiger partial charge in [-0.25, -0.2) is 14.0 Å². The lowest BCUT2D eigenvalue weighted by atomic mass is 10.1. The number of ether oxygens (including phenoxy) is 1. The highest BCUT2D eigenvalue weighted by Gasteiger charge is 2.49. The molecule has 0 saturated carbocycles. The van der Waals surface area contributed by atoms with Gasteiger partial charge in [0.2, 0.25) is 0 Å². The molecule has 0 heterocycles. The molecule has 1 aromatic rings. The van der Waals surface area contributed by atoms with Crippen molar-refractivity contribution >= 4 is 12.0 Å². The second-order valence-electron chi connectivity index (χ2n) is 7.29. The maximum Gasteiger partial charge on any atom is 0.422 e. The van der Waals surface area contributed by atoms with E-state index in [-0.39, 0.29) is 6.42 Å². The first-order chi connectivity index (χ1) is 15.5. The van der Waals surface area contributed by atoms with Crippen molar-refractivity contribution in [2.45, 2.75) is 88.4 Å². The summed E-state index contributed by atoms with van der Waals surface area (Å²) in [7, 11) is 0. The van der Waals surface area contributed by atoms with Gasteiger partial charge in [-0.1, -0.05) is 69.7 Å². The second-order valence-corrected chi connectivity index (χ2v) is 8.00. The Hall–Kier alpha value is -1.31. The molecule has 4 nitrogen and oxygen atoms in total. The lowest BCUT2D eigenvalue weighted by Gasteiger charge is -2.22. The van der Waals surface area contributed by atoms with Crippen LogP contribution in [0.5, 0.6) is 5.75 Å². The predicted molar refractivity (Wildman–Crippen MR) is 104 cm³/mol. The van der Waals surface area contributed by atoms with Crippen molar-refractivity contribution in [3.8, 4) is 5.75 Å². The minimum atomic E-state index is -5.64. The molecule has 0 aliphatic rings. The van der Waals surface area contributed by atoms with Crippen molar-refractivity contribution in [2.24, 2.45) is 0 Å². The van der Waals surface area contributed by atoms with Crippen molar-refractivity contribution in [1.82, 2.24) is 0 Å². The minimum absolute atomic E-state index is 0.103. The number of hydrogen-bond donors (Lipinski definition) is 1. The van der Waals surface area contributed by atoms with E-state index in [1.54, 1.807) is 0 Å². The van der Waals surface area contributed by atoms with E-state index < -0.39 is 64.4 Å². The maximum absolute atomic E-state index is 14.4. The Morgan fingerprint density at radius 2 is 1.15 bits per heavy atom. The van der Waals surface area contributed by atoms with Crippen LogP contribution in [0.4, 0.5) is 35.1 Å². The summed E-state index contributed by atoms with van der Waals surface area (Å²) in [4.78, 5) is -1.80. The molecular formula is C20H26F8O4S. The third kappa shape index (κ3) is 9.45. The topological polar surface area (TPSA) is 47.9 Å². The van der Waals surface area contributed by atoms with Gasteiger partial charge in [-0.15, -0.1) is 4.33 Å². The first-order valence-corrected chi connectivity index (χ1v) is 11.2. The van der Waals surface area contributed by atoms with E-state index in [0.717, 1.165) is 38.5 Å². The van der Waals surface area contributed by atoms with E-state index >= 15 is 0 Å². The highest BCUT2D eigenvalue weighted by Crippen LogP contribution is 2.50. The molecule has 1 aromatic carbocycles. The molecule has 0 amide bonds. The summed E-state index contributed by atoms with van der Waals surface area (Å²) in [5, 5.41) is 11.1. The molecule has 0 aliphatic carbocycles. The summed E-state index contributed by atoms with van der Waals surface area (Å²) >= 11 is -0.689. The fraction of sp³-hybridized carbons (Fsp3) is 0.700. The van der Waals surface area contributed by atoms with Crippen LogP contribution in [0, 0.1) is 11.6 Å². The van der Waals surface area contributed by atoms with E-state index in [4.69, 9.17) is 5.26 Å². The van der Waals surface area contributed by atoms with Gasteiger partial charge in [0.05, 0.1) is 18.6 Å². The third-order valence-electron chi connectivity index (χ3n) is 4.75. The lowest BCUT2D eigenvalue weighted by molar-refractivity contribution is -0.432.